The van der Waals surface area contributed by atoms with Crippen LogP contribution in [0.2, 0.25) is 0 Å². The summed E-state index contributed by atoms with van der Waals surface area (Å²) in [4.78, 5) is 12.6. The summed E-state index contributed by atoms with van der Waals surface area (Å²) in [6.45, 7) is 12.5. The molecule has 0 N–H and O–H groups in total. The van der Waals surface area contributed by atoms with Crippen LogP contribution in [0, 0.1) is 26.6 Å². The Morgan fingerprint density at radius 2 is 1.81 bits per heavy atom. The lowest BCUT2D eigenvalue weighted by Crippen LogP contribution is -2.10. The Bertz CT molecular complexity index is 1010. The number of aryl methyl sites for hydroxylation is 3. The number of esters is 1. The predicted octanol–water partition coefficient (Wildman–Crippen LogP) is 7.58. The molecule has 0 saturated heterocycles. The Balaban J connectivity index is 1.66. The standard InChI is InChI=1S/C28H33FO2/c1-6-23-16-25(24-14-19(3)21(5)20(4)15-24)27(29)17-26(23)28(30)31-12-8-7-9-22-11-10-18(2)13-22/h11,14-17H,2,6-10,12-13H2,1,3-5H3. The fourth-order valence-electron chi connectivity index (χ4n) is 4.15. The van der Waals surface area contributed by atoms with Crippen molar-refractivity contribution in [3.05, 3.63) is 81.7 Å². The molecule has 164 valence electrons. The average Bonchev–Trinajstić information content (AvgIpc) is 3.16. The fraction of sp³-hybridized carbons (Fsp3) is 0.393. The first-order valence-electron chi connectivity index (χ1n) is 11.2. The van der Waals surface area contributed by atoms with Gasteiger partial charge in [0.1, 0.15) is 5.82 Å². The third-order valence-corrected chi connectivity index (χ3v) is 6.31. The van der Waals surface area contributed by atoms with Gasteiger partial charge in [-0.05, 0) is 99.2 Å². The molecule has 0 aromatic heterocycles. The van der Waals surface area contributed by atoms with Crippen molar-refractivity contribution in [2.45, 2.75) is 66.2 Å². The summed E-state index contributed by atoms with van der Waals surface area (Å²) in [5.41, 5.74) is 8.71. The van der Waals surface area contributed by atoms with Crippen molar-refractivity contribution in [2.75, 3.05) is 6.61 Å². The second-order valence-electron chi connectivity index (χ2n) is 8.66. The van der Waals surface area contributed by atoms with Gasteiger partial charge in [0.2, 0.25) is 0 Å². The SMILES string of the molecule is C=C1CC=C(CCCCOC(=O)c2cc(F)c(-c3cc(C)c(C)c(C)c3)cc2CC)C1. The largest absolute Gasteiger partial charge is 0.462 e. The minimum Gasteiger partial charge on any atom is -0.462 e. The predicted molar refractivity (Wildman–Crippen MR) is 126 cm³/mol. The lowest BCUT2D eigenvalue weighted by molar-refractivity contribution is 0.0496. The van der Waals surface area contributed by atoms with Gasteiger partial charge in [0.05, 0.1) is 12.2 Å². The molecular weight excluding hydrogens is 387 g/mol. The maximum atomic E-state index is 15.0. The quantitative estimate of drug-likeness (QED) is 0.250. The van der Waals surface area contributed by atoms with Gasteiger partial charge in [0.25, 0.3) is 0 Å². The van der Waals surface area contributed by atoms with Crippen molar-refractivity contribution in [2.24, 2.45) is 0 Å². The van der Waals surface area contributed by atoms with E-state index in [-0.39, 0.29) is 5.82 Å². The van der Waals surface area contributed by atoms with Gasteiger partial charge in [-0.1, -0.05) is 42.9 Å². The smallest absolute Gasteiger partial charge is 0.338 e. The van der Waals surface area contributed by atoms with Crippen molar-refractivity contribution >= 4 is 5.97 Å². The average molecular weight is 421 g/mol. The maximum Gasteiger partial charge on any atom is 0.338 e. The summed E-state index contributed by atoms with van der Waals surface area (Å²) in [5, 5.41) is 0. The summed E-state index contributed by atoms with van der Waals surface area (Å²) in [5.74, 6) is -0.827. The number of hydrogen-bond acceptors (Lipinski definition) is 2. The van der Waals surface area contributed by atoms with Crippen molar-refractivity contribution in [1.82, 2.24) is 0 Å². The van der Waals surface area contributed by atoms with Gasteiger partial charge < -0.3 is 4.74 Å². The van der Waals surface area contributed by atoms with Crippen LogP contribution in [0.3, 0.4) is 0 Å². The van der Waals surface area contributed by atoms with Gasteiger partial charge in [-0.2, -0.15) is 0 Å². The summed E-state index contributed by atoms with van der Waals surface area (Å²) in [6.07, 6.45) is 7.70. The molecule has 31 heavy (non-hydrogen) atoms. The van der Waals surface area contributed by atoms with Crippen LogP contribution in [-0.2, 0) is 11.2 Å². The van der Waals surface area contributed by atoms with E-state index in [0.29, 0.717) is 24.2 Å². The van der Waals surface area contributed by atoms with E-state index in [9.17, 15) is 4.79 Å². The number of allylic oxidation sites excluding steroid dienone is 3. The van der Waals surface area contributed by atoms with E-state index in [1.807, 2.05) is 32.9 Å². The van der Waals surface area contributed by atoms with Gasteiger partial charge in [-0.25, -0.2) is 9.18 Å². The molecule has 0 fully saturated rings. The van der Waals surface area contributed by atoms with Crippen molar-refractivity contribution < 1.29 is 13.9 Å². The monoisotopic (exact) mass is 420 g/mol. The van der Waals surface area contributed by atoms with Gasteiger partial charge in [-0.15, -0.1) is 0 Å². The first-order valence-corrected chi connectivity index (χ1v) is 11.2. The number of benzene rings is 2. The van der Waals surface area contributed by atoms with Crippen molar-refractivity contribution in [3.63, 3.8) is 0 Å². The lowest BCUT2D eigenvalue weighted by atomic mass is 9.93. The lowest BCUT2D eigenvalue weighted by Gasteiger charge is -2.14. The second kappa shape index (κ2) is 10.1. The topological polar surface area (TPSA) is 26.3 Å². The third kappa shape index (κ3) is 5.52. The van der Waals surface area contributed by atoms with Crippen LogP contribution in [0.5, 0.6) is 0 Å². The van der Waals surface area contributed by atoms with E-state index in [0.717, 1.165) is 54.4 Å². The molecule has 1 aliphatic rings. The van der Waals surface area contributed by atoms with Crippen LogP contribution in [0.25, 0.3) is 11.1 Å². The number of rotatable bonds is 8. The molecule has 2 aromatic rings. The first-order chi connectivity index (χ1) is 14.8. The molecule has 1 aliphatic carbocycles. The molecule has 0 radical (unpaired) electrons. The number of carbonyl (C=O) groups is 1. The van der Waals surface area contributed by atoms with E-state index in [4.69, 9.17) is 4.74 Å². The van der Waals surface area contributed by atoms with E-state index in [1.54, 1.807) is 6.07 Å². The Hall–Kier alpha value is -2.68. The second-order valence-corrected chi connectivity index (χ2v) is 8.66. The molecule has 0 aliphatic heterocycles. The van der Waals surface area contributed by atoms with Crippen LogP contribution in [0.4, 0.5) is 4.39 Å². The summed E-state index contributed by atoms with van der Waals surface area (Å²) in [7, 11) is 0. The molecule has 0 amide bonds. The number of unbranched alkanes of at least 4 members (excludes halogenated alkanes) is 1. The van der Waals surface area contributed by atoms with Crippen LogP contribution < -0.4 is 0 Å². The van der Waals surface area contributed by atoms with Crippen LogP contribution in [0.1, 0.15) is 71.6 Å². The maximum absolute atomic E-state index is 15.0. The minimum absolute atomic E-state index is 0.333. The number of halogens is 1. The molecule has 3 heteroatoms. The van der Waals surface area contributed by atoms with Gasteiger partial charge in [0, 0.05) is 5.56 Å². The minimum atomic E-state index is -0.438. The van der Waals surface area contributed by atoms with Crippen LogP contribution in [-0.4, -0.2) is 12.6 Å². The normalized spacial score (nSPS) is 13.5. The van der Waals surface area contributed by atoms with Gasteiger partial charge in [0.15, 0.2) is 0 Å². The van der Waals surface area contributed by atoms with Gasteiger partial charge >= 0.3 is 5.97 Å². The fourth-order valence-corrected chi connectivity index (χ4v) is 4.15. The van der Waals surface area contributed by atoms with Crippen molar-refractivity contribution in [1.29, 1.82) is 0 Å². The highest BCUT2D eigenvalue weighted by atomic mass is 19.1. The highest BCUT2D eigenvalue weighted by Crippen LogP contribution is 2.30. The highest BCUT2D eigenvalue weighted by molar-refractivity contribution is 5.92. The molecule has 0 bridgehead atoms. The zero-order chi connectivity index (χ0) is 22.5. The highest BCUT2D eigenvalue weighted by Gasteiger charge is 2.18. The molecule has 0 saturated carbocycles. The molecule has 0 unspecified atom stereocenters. The number of carbonyl (C=O) groups excluding carboxylic acids is 1. The molecule has 2 aromatic carbocycles. The van der Waals surface area contributed by atoms with E-state index in [1.165, 1.54) is 22.8 Å². The Morgan fingerprint density at radius 1 is 1.10 bits per heavy atom. The first kappa shape index (κ1) is 23.0. The van der Waals surface area contributed by atoms with Crippen LogP contribution >= 0.6 is 0 Å². The van der Waals surface area contributed by atoms with E-state index >= 15 is 4.39 Å². The Kier molecular flexibility index (Phi) is 7.48. The zero-order valence-electron chi connectivity index (χ0n) is 19.2. The molecule has 0 atom stereocenters. The summed E-state index contributed by atoms with van der Waals surface area (Å²) < 4.78 is 20.5. The third-order valence-electron chi connectivity index (χ3n) is 6.31. The summed E-state index contributed by atoms with van der Waals surface area (Å²) >= 11 is 0. The zero-order valence-corrected chi connectivity index (χ0v) is 19.2. The molecule has 2 nitrogen and oxygen atoms in total. The molecule has 0 heterocycles. The number of ether oxygens (including phenoxy) is 1. The van der Waals surface area contributed by atoms with Crippen LogP contribution in [0.15, 0.2) is 48.1 Å². The summed E-state index contributed by atoms with van der Waals surface area (Å²) in [6, 6.07) is 7.16. The molecular formula is C28H33FO2. The number of hydrogen-bond donors (Lipinski definition) is 0. The van der Waals surface area contributed by atoms with Crippen molar-refractivity contribution in [3.8, 4) is 11.1 Å². The van der Waals surface area contributed by atoms with E-state index in [2.05, 4.69) is 19.6 Å². The molecule has 3 rings (SSSR count). The molecule has 0 spiro atoms. The Morgan fingerprint density at radius 3 is 2.42 bits per heavy atom. The van der Waals surface area contributed by atoms with Gasteiger partial charge in [-0.3, -0.25) is 0 Å². The Labute approximate surface area is 185 Å². The van der Waals surface area contributed by atoms with E-state index < -0.39 is 5.97 Å².